The molecule has 1 aliphatic heterocycles. The van der Waals surface area contributed by atoms with Crippen LogP contribution < -0.4 is 0 Å². The van der Waals surface area contributed by atoms with E-state index < -0.39 is 11.6 Å². The second-order valence-electron chi connectivity index (χ2n) is 1.39. The highest BCUT2D eigenvalue weighted by molar-refractivity contribution is 7.99. The number of hydrogen-bond donors (Lipinski definition) is 0. The zero-order valence-corrected chi connectivity index (χ0v) is 6.09. The van der Waals surface area contributed by atoms with Crippen molar-refractivity contribution in [2.75, 3.05) is 11.5 Å². The molecule has 0 saturated carbocycles. The molecule has 48 valence electrons. The maximum Gasteiger partial charge on any atom is 0.335 e. The van der Waals surface area contributed by atoms with E-state index in [1.807, 2.05) is 0 Å². The minimum atomic E-state index is -0.750. The summed E-state index contributed by atoms with van der Waals surface area (Å²) in [5.41, 5.74) is 0. The van der Waals surface area contributed by atoms with Crippen molar-refractivity contribution in [1.82, 2.24) is 0 Å². The van der Waals surface area contributed by atoms with Gasteiger partial charge < -0.3 is 0 Å². The van der Waals surface area contributed by atoms with Crippen LogP contribution in [0.4, 0.5) is 0 Å². The first kappa shape index (κ1) is 8.17. The monoisotopic (exact) mass is 152 g/mol. The molecule has 0 radical (unpaired) electrons. The molecule has 1 rings (SSSR count). The van der Waals surface area contributed by atoms with E-state index in [-0.39, 0.29) is 0 Å². The van der Waals surface area contributed by atoms with Gasteiger partial charge in [-0.2, -0.15) is 20.2 Å². The van der Waals surface area contributed by atoms with Crippen LogP contribution in [0.15, 0.2) is 0 Å². The summed E-state index contributed by atoms with van der Waals surface area (Å²) >= 11 is 1.32. The van der Waals surface area contributed by atoms with Crippen LogP contribution in [0.5, 0.6) is 0 Å². The summed E-state index contributed by atoms with van der Waals surface area (Å²) in [6.45, 7) is 0. The largest absolute Gasteiger partial charge is 0.335 e. The predicted octanol–water partition coefficient (Wildman–Crippen LogP) is 0.843. The molecule has 1 heterocycles. The van der Waals surface area contributed by atoms with Crippen molar-refractivity contribution < 1.29 is 8.42 Å². The van der Waals surface area contributed by atoms with Crippen molar-refractivity contribution >= 4 is 23.3 Å². The number of rotatable bonds is 0. The van der Waals surface area contributed by atoms with Crippen molar-refractivity contribution in [3.63, 3.8) is 0 Å². The van der Waals surface area contributed by atoms with E-state index in [4.69, 9.17) is 8.42 Å². The lowest BCUT2D eigenvalue weighted by Gasteiger charge is -1.69. The molecular formula is C4H8O2S2. The Hall–Kier alpha value is 0.170. The van der Waals surface area contributed by atoms with Gasteiger partial charge in [-0.3, -0.25) is 0 Å². The van der Waals surface area contributed by atoms with Gasteiger partial charge in [0, 0.05) is 0 Å². The number of hydrogen-bond acceptors (Lipinski definition) is 3. The fraction of sp³-hybridized carbons (Fsp3) is 1.00. The molecule has 0 spiro atoms. The molecule has 0 aliphatic carbocycles. The van der Waals surface area contributed by atoms with E-state index in [1.54, 1.807) is 0 Å². The Balaban J connectivity index is 0.000000145. The highest BCUT2D eigenvalue weighted by atomic mass is 32.2. The zero-order valence-electron chi connectivity index (χ0n) is 4.46. The average Bonchev–Trinajstić information content (AvgIpc) is 2.17. The van der Waals surface area contributed by atoms with Gasteiger partial charge in [0.05, 0.1) is 0 Å². The van der Waals surface area contributed by atoms with Gasteiger partial charge in [0.1, 0.15) is 0 Å². The maximum absolute atomic E-state index is 8.29. The molecule has 0 amide bonds. The van der Waals surface area contributed by atoms with Gasteiger partial charge in [0.15, 0.2) is 0 Å². The molecule has 0 unspecified atom stereocenters. The quantitative estimate of drug-likeness (QED) is 0.516. The van der Waals surface area contributed by atoms with Crippen LogP contribution in [0.2, 0.25) is 0 Å². The zero-order chi connectivity index (χ0) is 6.24. The Morgan fingerprint density at radius 3 is 1.62 bits per heavy atom. The van der Waals surface area contributed by atoms with E-state index in [2.05, 4.69) is 11.8 Å². The Morgan fingerprint density at radius 1 is 1.12 bits per heavy atom. The van der Waals surface area contributed by atoms with Crippen LogP contribution >= 0.6 is 11.8 Å². The molecule has 1 saturated heterocycles. The fourth-order valence-electron chi connectivity index (χ4n) is 0.510. The average molecular weight is 152 g/mol. The van der Waals surface area contributed by atoms with Crippen molar-refractivity contribution in [3.8, 4) is 0 Å². The lowest BCUT2D eigenvalue weighted by molar-refractivity contribution is 0.630. The van der Waals surface area contributed by atoms with Crippen LogP contribution in [-0.4, -0.2) is 19.9 Å². The minimum absolute atomic E-state index is 0.750. The molecule has 1 fully saturated rings. The van der Waals surface area contributed by atoms with Gasteiger partial charge in [-0.1, -0.05) is 0 Å². The highest BCUT2D eigenvalue weighted by Gasteiger charge is 1.95. The van der Waals surface area contributed by atoms with Crippen molar-refractivity contribution in [1.29, 1.82) is 0 Å². The Morgan fingerprint density at radius 2 is 1.50 bits per heavy atom. The van der Waals surface area contributed by atoms with E-state index in [0.717, 1.165) is 0 Å². The van der Waals surface area contributed by atoms with Gasteiger partial charge in [0.25, 0.3) is 0 Å². The molecule has 0 bridgehead atoms. The van der Waals surface area contributed by atoms with Gasteiger partial charge >= 0.3 is 11.6 Å². The summed E-state index contributed by atoms with van der Waals surface area (Å²) in [6.07, 6.45) is 2.93. The molecule has 0 N–H and O–H groups in total. The van der Waals surface area contributed by atoms with Crippen LogP contribution in [0.3, 0.4) is 0 Å². The summed E-state index contributed by atoms with van der Waals surface area (Å²) in [5.74, 6) is 2.83. The molecule has 4 heteroatoms. The van der Waals surface area contributed by atoms with Gasteiger partial charge in [-0.05, 0) is 24.3 Å². The number of thioether (sulfide) groups is 1. The Kier molecular flexibility index (Phi) is 7.32. The highest BCUT2D eigenvalue weighted by Crippen LogP contribution is 2.14. The van der Waals surface area contributed by atoms with Crippen molar-refractivity contribution in [2.45, 2.75) is 12.8 Å². The van der Waals surface area contributed by atoms with Crippen LogP contribution in [0.1, 0.15) is 12.8 Å². The SMILES string of the molecule is C1CCSC1.O=S=O. The second-order valence-corrected chi connectivity index (χ2v) is 2.75. The van der Waals surface area contributed by atoms with Crippen LogP contribution in [0.25, 0.3) is 0 Å². The van der Waals surface area contributed by atoms with Crippen molar-refractivity contribution in [2.24, 2.45) is 0 Å². The summed E-state index contributed by atoms with van der Waals surface area (Å²) in [4.78, 5) is 0. The standard InChI is InChI=1S/C4H8S.O2S/c1-2-4-5-3-1;1-3-2/h1-4H2;. The molecule has 0 aromatic rings. The van der Waals surface area contributed by atoms with Gasteiger partial charge in [-0.15, -0.1) is 0 Å². The van der Waals surface area contributed by atoms with E-state index in [0.29, 0.717) is 0 Å². The molecule has 2 nitrogen and oxygen atoms in total. The van der Waals surface area contributed by atoms with Crippen molar-refractivity contribution in [3.05, 3.63) is 0 Å². The lowest BCUT2D eigenvalue weighted by atomic mass is 10.4. The van der Waals surface area contributed by atoms with E-state index in [1.165, 1.54) is 24.3 Å². The lowest BCUT2D eigenvalue weighted by Crippen LogP contribution is -1.58. The Bertz CT molecular complexity index is 66.5. The third kappa shape index (κ3) is 6.17. The van der Waals surface area contributed by atoms with E-state index in [9.17, 15) is 0 Å². The topological polar surface area (TPSA) is 34.1 Å². The Labute approximate surface area is 56.6 Å². The van der Waals surface area contributed by atoms with Gasteiger partial charge in [-0.25, -0.2) is 0 Å². The maximum atomic E-state index is 8.29. The van der Waals surface area contributed by atoms with Crippen LogP contribution in [-0.2, 0) is 11.6 Å². The van der Waals surface area contributed by atoms with Gasteiger partial charge in [0.2, 0.25) is 0 Å². The third-order valence-electron chi connectivity index (χ3n) is 0.827. The third-order valence-corrected chi connectivity index (χ3v) is 1.98. The first-order chi connectivity index (χ1) is 3.91. The minimum Gasteiger partial charge on any atom is -0.168 e. The normalized spacial score (nSPS) is 16.5. The summed E-state index contributed by atoms with van der Waals surface area (Å²) in [7, 11) is 0. The van der Waals surface area contributed by atoms with E-state index >= 15 is 0 Å². The first-order valence-electron chi connectivity index (χ1n) is 2.41. The first-order valence-corrected chi connectivity index (χ1v) is 4.23. The molecule has 1 aliphatic rings. The second kappa shape index (κ2) is 7.17. The van der Waals surface area contributed by atoms with Crippen LogP contribution in [0, 0.1) is 0 Å². The summed E-state index contributed by atoms with van der Waals surface area (Å²) in [6, 6.07) is 0. The fourth-order valence-corrected chi connectivity index (χ4v) is 1.53. The molecular weight excluding hydrogens is 144 g/mol. The summed E-state index contributed by atoms with van der Waals surface area (Å²) in [5, 5.41) is 0. The molecule has 0 atom stereocenters. The summed E-state index contributed by atoms with van der Waals surface area (Å²) < 4.78 is 16.6. The molecule has 0 aromatic heterocycles. The predicted molar refractivity (Wildman–Crippen MR) is 35.5 cm³/mol. The smallest absolute Gasteiger partial charge is 0.168 e. The molecule has 8 heavy (non-hydrogen) atoms. The molecule has 0 aromatic carbocycles.